The number of hydrogen-bond donors (Lipinski definition) is 0. The second-order valence-corrected chi connectivity index (χ2v) is 12.7. The van der Waals surface area contributed by atoms with Gasteiger partial charge in [0.05, 0.1) is 22.7 Å². The number of nitrogens with zero attached hydrogens (tertiary/aromatic N) is 2. The van der Waals surface area contributed by atoms with E-state index in [1.165, 1.54) is 18.4 Å². The van der Waals surface area contributed by atoms with Gasteiger partial charge in [0.15, 0.2) is 9.84 Å². The SMILES string of the molecule is CS(=O)(=O)c1ccc(-c2c(-c3ccc(F)cc3)c(OCc3ccccc3Br)nn2Cc2ccccc2Br)cc1. The van der Waals surface area contributed by atoms with E-state index in [4.69, 9.17) is 9.84 Å². The molecular formula is C30H23Br2FN2O3S. The molecule has 0 bridgehead atoms. The molecule has 5 aromatic rings. The normalized spacial score (nSPS) is 11.5. The minimum atomic E-state index is -3.37. The van der Waals surface area contributed by atoms with Gasteiger partial charge in [0.25, 0.3) is 0 Å². The van der Waals surface area contributed by atoms with E-state index in [1.54, 1.807) is 36.4 Å². The zero-order valence-electron chi connectivity index (χ0n) is 20.8. The first-order valence-corrected chi connectivity index (χ1v) is 15.5. The average molecular weight is 670 g/mol. The molecule has 1 aromatic heterocycles. The molecule has 4 aromatic carbocycles. The van der Waals surface area contributed by atoms with Gasteiger partial charge >= 0.3 is 0 Å². The number of rotatable bonds is 8. The van der Waals surface area contributed by atoms with E-state index in [0.29, 0.717) is 18.0 Å². The van der Waals surface area contributed by atoms with Crippen LogP contribution in [0.5, 0.6) is 5.88 Å². The van der Waals surface area contributed by atoms with Crippen molar-refractivity contribution >= 4 is 41.7 Å². The molecule has 9 heteroatoms. The summed E-state index contributed by atoms with van der Waals surface area (Å²) in [7, 11) is -3.37. The second-order valence-electron chi connectivity index (χ2n) is 8.96. The van der Waals surface area contributed by atoms with Crippen molar-refractivity contribution in [3.63, 3.8) is 0 Å². The van der Waals surface area contributed by atoms with Crippen molar-refractivity contribution in [1.29, 1.82) is 0 Å². The van der Waals surface area contributed by atoms with Crippen LogP contribution in [0, 0.1) is 5.82 Å². The van der Waals surface area contributed by atoms with Gasteiger partial charge in [0.2, 0.25) is 5.88 Å². The number of hydrogen-bond acceptors (Lipinski definition) is 4. The summed E-state index contributed by atoms with van der Waals surface area (Å²) in [5.74, 6) is 0.0284. The summed E-state index contributed by atoms with van der Waals surface area (Å²) in [6.07, 6.45) is 1.18. The van der Waals surface area contributed by atoms with Crippen LogP contribution in [0.3, 0.4) is 0 Å². The molecule has 5 rings (SSSR count). The van der Waals surface area contributed by atoms with E-state index in [1.807, 2.05) is 53.2 Å². The Morgan fingerprint density at radius 1 is 0.795 bits per heavy atom. The van der Waals surface area contributed by atoms with Crippen molar-refractivity contribution in [2.45, 2.75) is 18.0 Å². The highest BCUT2D eigenvalue weighted by Gasteiger charge is 2.24. The first kappa shape index (κ1) is 27.3. The lowest BCUT2D eigenvalue weighted by molar-refractivity contribution is 0.290. The van der Waals surface area contributed by atoms with Crippen molar-refractivity contribution in [1.82, 2.24) is 9.78 Å². The molecule has 0 aliphatic carbocycles. The van der Waals surface area contributed by atoms with Crippen molar-refractivity contribution < 1.29 is 17.5 Å². The Balaban J connectivity index is 1.70. The van der Waals surface area contributed by atoms with Crippen LogP contribution in [0.25, 0.3) is 22.4 Å². The van der Waals surface area contributed by atoms with Crippen molar-refractivity contribution in [2.75, 3.05) is 6.26 Å². The van der Waals surface area contributed by atoms with Gasteiger partial charge in [-0.1, -0.05) is 92.5 Å². The highest BCUT2D eigenvalue weighted by molar-refractivity contribution is 9.10. The van der Waals surface area contributed by atoms with Crippen LogP contribution in [-0.4, -0.2) is 24.5 Å². The third kappa shape index (κ3) is 6.16. The second kappa shape index (κ2) is 11.5. The molecule has 0 amide bonds. The summed E-state index contributed by atoms with van der Waals surface area (Å²) >= 11 is 7.20. The Morgan fingerprint density at radius 2 is 1.36 bits per heavy atom. The fourth-order valence-corrected chi connectivity index (χ4v) is 5.67. The molecule has 0 radical (unpaired) electrons. The molecule has 198 valence electrons. The zero-order valence-corrected chi connectivity index (χ0v) is 24.8. The molecule has 0 fully saturated rings. The number of ether oxygens (including phenoxy) is 1. The van der Waals surface area contributed by atoms with Crippen LogP contribution in [0.15, 0.2) is 111 Å². The topological polar surface area (TPSA) is 61.2 Å². The molecule has 0 aliphatic heterocycles. The van der Waals surface area contributed by atoms with Gasteiger partial charge in [0, 0.05) is 26.3 Å². The summed E-state index contributed by atoms with van der Waals surface area (Å²) in [5, 5.41) is 4.88. The van der Waals surface area contributed by atoms with E-state index >= 15 is 0 Å². The molecule has 0 saturated carbocycles. The van der Waals surface area contributed by atoms with Crippen LogP contribution in [-0.2, 0) is 23.0 Å². The maximum Gasteiger partial charge on any atom is 0.241 e. The van der Waals surface area contributed by atoms with Gasteiger partial charge in [-0.2, -0.15) is 0 Å². The highest BCUT2D eigenvalue weighted by Crippen LogP contribution is 2.41. The lowest BCUT2D eigenvalue weighted by atomic mass is 10.0. The van der Waals surface area contributed by atoms with Gasteiger partial charge in [-0.15, -0.1) is 5.10 Å². The van der Waals surface area contributed by atoms with Gasteiger partial charge < -0.3 is 4.74 Å². The Morgan fingerprint density at radius 3 is 1.95 bits per heavy atom. The third-order valence-corrected chi connectivity index (χ3v) is 8.89. The lowest BCUT2D eigenvalue weighted by Gasteiger charge is -2.12. The van der Waals surface area contributed by atoms with Gasteiger partial charge in [-0.05, 0) is 47.5 Å². The fraction of sp³-hybridized carbons (Fsp3) is 0.100. The standard InChI is InChI=1S/C30H23Br2FN2O3S/c1-39(36,37)25-16-12-21(13-17-25)29-28(20-10-14-24(33)15-11-20)30(38-19-23-7-3-5-9-27(23)32)34-35(29)18-22-6-2-4-8-26(22)31/h2-17H,18-19H2,1H3. The van der Waals surface area contributed by atoms with E-state index in [9.17, 15) is 12.8 Å². The molecule has 0 aliphatic rings. The number of halogens is 3. The summed E-state index contributed by atoms with van der Waals surface area (Å²) in [6.45, 7) is 0.672. The van der Waals surface area contributed by atoms with Crippen molar-refractivity contribution in [2.24, 2.45) is 0 Å². The molecule has 0 unspecified atom stereocenters. The van der Waals surface area contributed by atoms with E-state index in [-0.39, 0.29) is 17.3 Å². The Kier molecular flexibility index (Phi) is 8.02. The minimum absolute atomic E-state index is 0.219. The summed E-state index contributed by atoms with van der Waals surface area (Å²) < 4.78 is 48.1. The van der Waals surface area contributed by atoms with Gasteiger partial charge in [0.1, 0.15) is 12.4 Å². The van der Waals surface area contributed by atoms with E-state index in [2.05, 4.69) is 31.9 Å². The van der Waals surface area contributed by atoms with E-state index < -0.39 is 9.84 Å². The molecule has 0 N–H and O–H groups in total. The van der Waals surface area contributed by atoms with Crippen molar-refractivity contribution in [3.05, 3.63) is 123 Å². The van der Waals surface area contributed by atoms with Crippen LogP contribution in [0.1, 0.15) is 11.1 Å². The number of aromatic nitrogens is 2. The molecule has 0 saturated heterocycles. The minimum Gasteiger partial charge on any atom is -0.471 e. The van der Waals surface area contributed by atoms with Crippen LogP contribution < -0.4 is 4.74 Å². The third-order valence-electron chi connectivity index (χ3n) is 6.21. The summed E-state index contributed by atoms with van der Waals surface area (Å²) in [4.78, 5) is 0.219. The van der Waals surface area contributed by atoms with Crippen LogP contribution >= 0.6 is 31.9 Å². The Hall–Kier alpha value is -3.27. The highest BCUT2D eigenvalue weighted by atomic mass is 79.9. The lowest BCUT2D eigenvalue weighted by Crippen LogP contribution is -2.05. The zero-order chi connectivity index (χ0) is 27.6. The number of sulfone groups is 1. The first-order valence-electron chi connectivity index (χ1n) is 12.0. The van der Waals surface area contributed by atoms with Gasteiger partial charge in [-0.3, -0.25) is 4.68 Å². The van der Waals surface area contributed by atoms with Crippen molar-refractivity contribution in [3.8, 4) is 28.3 Å². The molecule has 1 heterocycles. The predicted octanol–water partition coefficient (Wildman–Crippen LogP) is 7.91. The monoisotopic (exact) mass is 668 g/mol. The smallest absolute Gasteiger partial charge is 0.241 e. The first-order chi connectivity index (χ1) is 18.7. The van der Waals surface area contributed by atoms with Crippen LogP contribution in [0.2, 0.25) is 0 Å². The maximum absolute atomic E-state index is 13.9. The summed E-state index contributed by atoms with van der Waals surface area (Å²) in [6, 6.07) is 28.5. The molecular weight excluding hydrogens is 647 g/mol. The van der Waals surface area contributed by atoms with Gasteiger partial charge in [-0.25, -0.2) is 12.8 Å². The quantitative estimate of drug-likeness (QED) is 0.168. The summed E-state index contributed by atoms with van der Waals surface area (Å²) in [5.41, 5.74) is 4.82. The maximum atomic E-state index is 13.9. The number of benzene rings is 4. The Bertz CT molecular complexity index is 1740. The fourth-order valence-electron chi connectivity index (χ4n) is 4.24. The molecule has 0 spiro atoms. The predicted molar refractivity (Wildman–Crippen MR) is 158 cm³/mol. The molecule has 5 nitrogen and oxygen atoms in total. The molecule has 39 heavy (non-hydrogen) atoms. The molecule has 0 atom stereocenters. The average Bonchev–Trinajstić information content (AvgIpc) is 3.27. The van der Waals surface area contributed by atoms with Crippen LogP contribution in [0.4, 0.5) is 4.39 Å². The largest absolute Gasteiger partial charge is 0.471 e. The van der Waals surface area contributed by atoms with E-state index in [0.717, 1.165) is 36.9 Å². The Labute approximate surface area is 243 Å².